The highest BCUT2D eigenvalue weighted by molar-refractivity contribution is 5.81. The number of aliphatic imine (C=N–C) groups is 1. The van der Waals surface area contributed by atoms with E-state index in [1.54, 1.807) is 7.05 Å². The van der Waals surface area contributed by atoms with Crippen molar-refractivity contribution in [3.63, 3.8) is 0 Å². The van der Waals surface area contributed by atoms with Gasteiger partial charge in [0.1, 0.15) is 0 Å². The molecule has 1 aromatic carbocycles. The van der Waals surface area contributed by atoms with Crippen LogP contribution in [0.2, 0.25) is 0 Å². The largest absolute Gasteiger partial charge is 0.466 e. The second-order valence-corrected chi connectivity index (χ2v) is 7.61. The summed E-state index contributed by atoms with van der Waals surface area (Å²) >= 11 is 0. The fraction of sp³-hybridized carbons (Fsp3) is 0.591. The van der Waals surface area contributed by atoms with Crippen LogP contribution in [-0.2, 0) is 27.4 Å². The summed E-state index contributed by atoms with van der Waals surface area (Å²) in [5, 5.41) is 3.36. The van der Waals surface area contributed by atoms with Crippen molar-refractivity contribution in [2.45, 2.75) is 45.7 Å². The van der Waals surface area contributed by atoms with Crippen LogP contribution in [0.5, 0.6) is 0 Å². The lowest BCUT2D eigenvalue weighted by molar-refractivity contribution is -0.149. The van der Waals surface area contributed by atoms with Crippen LogP contribution in [0, 0.1) is 5.92 Å². The van der Waals surface area contributed by atoms with E-state index in [9.17, 15) is 9.59 Å². The van der Waals surface area contributed by atoms with Gasteiger partial charge in [-0.2, -0.15) is 0 Å². The fourth-order valence-electron chi connectivity index (χ4n) is 4.03. The van der Waals surface area contributed by atoms with E-state index in [1.165, 1.54) is 11.1 Å². The summed E-state index contributed by atoms with van der Waals surface area (Å²) in [5.74, 6) is 0.950. The molecule has 1 amide bonds. The number of carbonyl (C=O) groups is 2. The third kappa shape index (κ3) is 5.49. The van der Waals surface area contributed by atoms with Crippen molar-refractivity contribution in [2.24, 2.45) is 10.9 Å². The maximum atomic E-state index is 12.5. The number of nitrogens with one attached hydrogen (secondary N) is 1. The topological polar surface area (TPSA) is 74.2 Å². The van der Waals surface area contributed by atoms with E-state index in [0.29, 0.717) is 19.6 Å². The Morgan fingerprint density at radius 1 is 1.14 bits per heavy atom. The molecule has 0 saturated carbocycles. The van der Waals surface area contributed by atoms with Crippen LogP contribution in [-0.4, -0.2) is 60.9 Å². The molecule has 3 rings (SSSR count). The predicted molar refractivity (Wildman–Crippen MR) is 112 cm³/mol. The van der Waals surface area contributed by atoms with E-state index in [0.717, 1.165) is 51.4 Å². The number of fused-ring (bicyclic) bond motifs is 1. The van der Waals surface area contributed by atoms with Gasteiger partial charge in [0.2, 0.25) is 5.91 Å². The molecule has 7 nitrogen and oxygen atoms in total. The van der Waals surface area contributed by atoms with Crippen molar-refractivity contribution < 1.29 is 14.3 Å². The van der Waals surface area contributed by atoms with Gasteiger partial charge in [0.15, 0.2) is 5.96 Å². The predicted octanol–water partition coefficient (Wildman–Crippen LogP) is 2.16. The Bertz CT molecular complexity index is 716. The Labute approximate surface area is 173 Å². The molecule has 1 fully saturated rings. The molecule has 158 valence electrons. The van der Waals surface area contributed by atoms with Crippen LogP contribution in [0.3, 0.4) is 0 Å². The molecule has 1 saturated heterocycles. The van der Waals surface area contributed by atoms with Crippen molar-refractivity contribution in [3.05, 3.63) is 35.4 Å². The van der Waals surface area contributed by atoms with Crippen molar-refractivity contribution in [1.82, 2.24) is 15.1 Å². The zero-order valence-electron chi connectivity index (χ0n) is 17.5. The molecule has 1 aromatic rings. The lowest BCUT2D eigenvalue weighted by Gasteiger charge is -2.33. The second kappa shape index (κ2) is 10.3. The van der Waals surface area contributed by atoms with Crippen LogP contribution in [0.25, 0.3) is 0 Å². The number of esters is 1. The molecule has 2 aliphatic heterocycles. The summed E-state index contributed by atoms with van der Waals surface area (Å²) in [6.07, 6.45) is 2.87. The first-order valence-corrected chi connectivity index (χ1v) is 10.6. The molecule has 0 aliphatic carbocycles. The second-order valence-electron chi connectivity index (χ2n) is 7.61. The maximum absolute atomic E-state index is 12.5. The van der Waals surface area contributed by atoms with Crippen LogP contribution in [0.4, 0.5) is 0 Å². The number of hydrogen-bond acceptors (Lipinski definition) is 4. The first kappa shape index (κ1) is 21.1. The minimum Gasteiger partial charge on any atom is -0.466 e. The smallest absolute Gasteiger partial charge is 0.309 e. The van der Waals surface area contributed by atoms with Crippen molar-refractivity contribution >= 4 is 17.8 Å². The summed E-state index contributed by atoms with van der Waals surface area (Å²) in [5.41, 5.74) is 2.51. The number of carbonyl (C=O) groups excluding carboxylic acids is 2. The van der Waals surface area contributed by atoms with Gasteiger partial charge in [-0.05, 0) is 37.3 Å². The minimum absolute atomic E-state index is 0.00786. The van der Waals surface area contributed by atoms with Crippen LogP contribution < -0.4 is 5.32 Å². The third-order valence-corrected chi connectivity index (χ3v) is 5.67. The van der Waals surface area contributed by atoms with Gasteiger partial charge in [0.05, 0.1) is 12.5 Å². The Hall–Kier alpha value is -2.57. The van der Waals surface area contributed by atoms with Gasteiger partial charge in [-0.3, -0.25) is 14.6 Å². The number of guanidine groups is 1. The summed E-state index contributed by atoms with van der Waals surface area (Å²) in [4.78, 5) is 32.8. The SMILES string of the molecule is CCOC(=O)C1CCN(C(=NC)NCCCC(=O)N2Cc3ccccc3C2)CC1. The quantitative estimate of drug-likeness (QED) is 0.343. The maximum Gasteiger partial charge on any atom is 0.309 e. The molecule has 0 aromatic heterocycles. The Morgan fingerprint density at radius 2 is 1.79 bits per heavy atom. The van der Waals surface area contributed by atoms with E-state index >= 15 is 0 Å². The lowest BCUT2D eigenvalue weighted by Crippen LogP contribution is -2.47. The van der Waals surface area contributed by atoms with Gasteiger partial charge < -0.3 is 19.9 Å². The third-order valence-electron chi connectivity index (χ3n) is 5.67. The molecule has 29 heavy (non-hydrogen) atoms. The summed E-state index contributed by atoms with van der Waals surface area (Å²) in [6, 6.07) is 8.24. The number of hydrogen-bond donors (Lipinski definition) is 1. The summed E-state index contributed by atoms with van der Waals surface area (Å²) in [7, 11) is 1.77. The molecular weight excluding hydrogens is 368 g/mol. The molecule has 0 bridgehead atoms. The van der Waals surface area contributed by atoms with Gasteiger partial charge >= 0.3 is 5.97 Å². The van der Waals surface area contributed by atoms with E-state index in [1.807, 2.05) is 24.0 Å². The first-order valence-electron chi connectivity index (χ1n) is 10.6. The van der Waals surface area contributed by atoms with Gasteiger partial charge in [0, 0.05) is 46.2 Å². The van der Waals surface area contributed by atoms with E-state index in [-0.39, 0.29) is 17.8 Å². The van der Waals surface area contributed by atoms with Gasteiger partial charge in [-0.15, -0.1) is 0 Å². The van der Waals surface area contributed by atoms with Crippen LogP contribution >= 0.6 is 0 Å². The molecule has 0 unspecified atom stereocenters. The summed E-state index contributed by atoms with van der Waals surface area (Å²) in [6.45, 7) is 5.99. The molecule has 0 radical (unpaired) electrons. The zero-order valence-corrected chi connectivity index (χ0v) is 17.5. The number of nitrogens with zero attached hydrogens (tertiary/aromatic N) is 3. The Morgan fingerprint density at radius 3 is 2.38 bits per heavy atom. The number of rotatable bonds is 6. The van der Waals surface area contributed by atoms with Gasteiger partial charge in [0.25, 0.3) is 0 Å². The zero-order chi connectivity index (χ0) is 20.6. The number of ether oxygens (including phenoxy) is 1. The first-order chi connectivity index (χ1) is 14.1. The Kier molecular flexibility index (Phi) is 7.49. The molecular formula is C22H32N4O3. The highest BCUT2D eigenvalue weighted by Gasteiger charge is 2.27. The molecule has 1 N–H and O–H groups in total. The van der Waals surface area contributed by atoms with Crippen LogP contribution in [0.1, 0.15) is 43.7 Å². The van der Waals surface area contributed by atoms with E-state index in [2.05, 4.69) is 27.3 Å². The number of amides is 1. The highest BCUT2D eigenvalue weighted by atomic mass is 16.5. The normalized spacial score (nSPS) is 17.2. The van der Waals surface area contributed by atoms with Crippen LogP contribution in [0.15, 0.2) is 29.3 Å². The number of benzene rings is 1. The molecule has 2 heterocycles. The molecule has 7 heteroatoms. The average molecular weight is 401 g/mol. The number of likely N-dealkylation sites (tertiary alicyclic amines) is 1. The molecule has 2 aliphatic rings. The molecule has 0 spiro atoms. The average Bonchev–Trinajstić information content (AvgIpc) is 3.18. The lowest BCUT2D eigenvalue weighted by atomic mass is 9.97. The van der Waals surface area contributed by atoms with Gasteiger partial charge in [-0.1, -0.05) is 24.3 Å². The van der Waals surface area contributed by atoms with Crippen molar-refractivity contribution in [1.29, 1.82) is 0 Å². The van der Waals surface area contributed by atoms with Gasteiger partial charge in [-0.25, -0.2) is 0 Å². The monoisotopic (exact) mass is 400 g/mol. The Balaban J connectivity index is 1.35. The summed E-state index contributed by atoms with van der Waals surface area (Å²) < 4.78 is 5.13. The number of piperidine rings is 1. The molecule has 0 atom stereocenters. The van der Waals surface area contributed by atoms with E-state index < -0.39 is 0 Å². The van der Waals surface area contributed by atoms with Crippen molar-refractivity contribution in [3.8, 4) is 0 Å². The van der Waals surface area contributed by atoms with E-state index in [4.69, 9.17) is 4.74 Å². The standard InChI is InChI=1S/C22H32N4O3/c1-3-29-21(28)17-10-13-25(14-11-17)22(23-2)24-12-6-9-20(27)26-15-18-7-4-5-8-19(18)16-26/h4-5,7-8,17H,3,6,9-16H2,1-2H3,(H,23,24). The highest BCUT2D eigenvalue weighted by Crippen LogP contribution is 2.23. The minimum atomic E-state index is -0.0855. The van der Waals surface area contributed by atoms with Crippen molar-refractivity contribution in [2.75, 3.05) is 33.3 Å². The fourth-order valence-corrected chi connectivity index (χ4v) is 4.03.